The van der Waals surface area contributed by atoms with Crippen molar-refractivity contribution in [1.82, 2.24) is 0 Å². The maximum Gasteiger partial charge on any atom is 0.335 e. The van der Waals surface area contributed by atoms with Gasteiger partial charge in [-0.1, -0.05) is 23.9 Å². The molecule has 1 aromatic rings. The minimum absolute atomic E-state index is 0.0439. The third-order valence-electron chi connectivity index (χ3n) is 2.13. The van der Waals surface area contributed by atoms with E-state index in [1.165, 1.54) is 36.9 Å². The highest BCUT2D eigenvalue weighted by atomic mass is 32.2. The average Bonchev–Trinajstić information content (AvgIpc) is 2.30. The molecule has 5 heteroatoms. The van der Waals surface area contributed by atoms with Gasteiger partial charge < -0.3 is 5.11 Å². The van der Waals surface area contributed by atoms with E-state index < -0.39 is 11.8 Å². The minimum Gasteiger partial charge on any atom is -0.478 e. The molecule has 0 aliphatic heterocycles. The molecule has 0 aliphatic rings. The van der Waals surface area contributed by atoms with Crippen LogP contribution >= 0.6 is 11.8 Å². The molecule has 0 amide bonds. The van der Waals surface area contributed by atoms with Crippen LogP contribution in [0.5, 0.6) is 0 Å². The van der Waals surface area contributed by atoms with Gasteiger partial charge in [-0.2, -0.15) is 0 Å². The topological polar surface area (TPSA) is 54.4 Å². The van der Waals surface area contributed by atoms with Crippen molar-refractivity contribution >= 4 is 28.9 Å². The molecule has 0 unspecified atom stereocenters. The van der Waals surface area contributed by atoms with Crippen LogP contribution in [0.1, 0.15) is 29.3 Å². The smallest absolute Gasteiger partial charge is 0.335 e. The second-order valence-electron chi connectivity index (χ2n) is 3.57. The molecule has 0 spiro atoms. The van der Waals surface area contributed by atoms with E-state index in [4.69, 9.17) is 5.11 Å². The fourth-order valence-electron chi connectivity index (χ4n) is 1.29. The van der Waals surface area contributed by atoms with Crippen molar-refractivity contribution in [2.45, 2.75) is 13.3 Å². The van der Waals surface area contributed by atoms with Crippen molar-refractivity contribution in [3.8, 4) is 0 Å². The lowest BCUT2D eigenvalue weighted by Gasteiger charge is -1.99. The van der Waals surface area contributed by atoms with Crippen molar-refractivity contribution in [2.75, 3.05) is 5.75 Å². The number of thioether (sulfide) groups is 1. The molecule has 18 heavy (non-hydrogen) atoms. The lowest BCUT2D eigenvalue weighted by molar-refractivity contribution is -0.109. The largest absolute Gasteiger partial charge is 0.478 e. The average molecular weight is 268 g/mol. The number of benzene rings is 1. The molecular weight excluding hydrogens is 255 g/mol. The van der Waals surface area contributed by atoms with Crippen molar-refractivity contribution in [1.29, 1.82) is 0 Å². The molecule has 0 atom stereocenters. The second kappa shape index (κ2) is 6.96. The molecule has 3 nitrogen and oxygen atoms in total. The van der Waals surface area contributed by atoms with E-state index in [1.807, 2.05) is 0 Å². The number of allylic oxidation sites excluding steroid dienone is 1. The van der Waals surface area contributed by atoms with Crippen LogP contribution in [0.25, 0.3) is 6.08 Å². The maximum absolute atomic E-state index is 13.4. The lowest BCUT2D eigenvalue weighted by atomic mass is 10.1. The van der Waals surface area contributed by atoms with Crippen LogP contribution in [0.3, 0.4) is 0 Å². The van der Waals surface area contributed by atoms with Crippen molar-refractivity contribution in [3.63, 3.8) is 0 Å². The van der Waals surface area contributed by atoms with E-state index in [9.17, 15) is 14.0 Å². The molecule has 0 radical (unpaired) electrons. The van der Waals surface area contributed by atoms with E-state index in [0.29, 0.717) is 12.2 Å². The quantitative estimate of drug-likeness (QED) is 0.833. The van der Waals surface area contributed by atoms with Gasteiger partial charge in [-0.15, -0.1) is 0 Å². The number of carboxylic acid groups (broad SMARTS) is 1. The van der Waals surface area contributed by atoms with Crippen LogP contribution in [0.4, 0.5) is 4.39 Å². The number of carboxylic acids is 1. The lowest BCUT2D eigenvalue weighted by Crippen LogP contribution is -1.97. The normalized spacial score (nSPS) is 10.8. The van der Waals surface area contributed by atoms with Crippen molar-refractivity contribution in [3.05, 3.63) is 41.2 Å². The van der Waals surface area contributed by atoms with Gasteiger partial charge in [0.05, 0.1) is 5.56 Å². The van der Waals surface area contributed by atoms with Gasteiger partial charge in [0.25, 0.3) is 0 Å². The highest BCUT2D eigenvalue weighted by molar-refractivity contribution is 8.13. The van der Waals surface area contributed by atoms with Crippen LogP contribution in [0.2, 0.25) is 0 Å². The summed E-state index contributed by atoms with van der Waals surface area (Å²) in [6.45, 7) is 1.49. The predicted molar refractivity (Wildman–Crippen MR) is 70.1 cm³/mol. The standard InChI is InChI=1S/C13H13FO3S/c1-9(15)18-7-3-2-4-10-8-11(13(16)17)5-6-12(10)14/h2,4-6,8H,3,7H2,1H3,(H,16,17). The summed E-state index contributed by atoms with van der Waals surface area (Å²) in [7, 11) is 0. The Labute approximate surface area is 109 Å². The second-order valence-corrected chi connectivity index (χ2v) is 4.84. The number of hydrogen-bond acceptors (Lipinski definition) is 3. The first-order valence-electron chi connectivity index (χ1n) is 5.33. The van der Waals surface area contributed by atoms with Gasteiger partial charge in [-0.25, -0.2) is 9.18 Å². The zero-order valence-electron chi connectivity index (χ0n) is 9.85. The molecule has 0 heterocycles. The summed E-state index contributed by atoms with van der Waals surface area (Å²) in [5, 5.41) is 8.83. The first-order valence-corrected chi connectivity index (χ1v) is 6.32. The molecule has 96 valence electrons. The monoisotopic (exact) mass is 268 g/mol. The van der Waals surface area contributed by atoms with Crippen LogP contribution in [0.15, 0.2) is 24.3 Å². The number of hydrogen-bond donors (Lipinski definition) is 1. The molecule has 0 aromatic heterocycles. The maximum atomic E-state index is 13.4. The van der Waals surface area contributed by atoms with Crippen molar-refractivity contribution < 1.29 is 19.1 Å². The molecule has 1 rings (SSSR count). The van der Waals surface area contributed by atoms with Gasteiger partial charge in [0, 0.05) is 18.2 Å². The Bertz CT molecular complexity index is 483. The summed E-state index contributed by atoms with van der Waals surface area (Å²) < 4.78 is 13.4. The Kier molecular flexibility index (Phi) is 5.58. The zero-order valence-corrected chi connectivity index (χ0v) is 10.7. The highest BCUT2D eigenvalue weighted by Gasteiger charge is 2.05. The molecular formula is C13H13FO3S. The highest BCUT2D eigenvalue weighted by Crippen LogP contribution is 2.13. The Balaban J connectivity index is 2.65. The first kappa shape index (κ1) is 14.4. The van der Waals surface area contributed by atoms with Crippen LogP contribution in [-0.2, 0) is 4.79 Å². The number of halogens is 1. The Morgan fingerprint density at radius 2 is 2.17 bits per heavy atom. The summed E-state index contributed by atoms with van der Waals surface area (Å²) in [5.41, 5.74) is 0.289. The van der Waals surface area contributed by atoms with Crippen molar-refractivity contribution in [2.24, 2.45) is 0 Å². The molecule has 0 fully saturated rings. The van der Waals surface area contributed by atoms with Crippen LogP contribution in [0, 0.1) is 5.82 Å². The molecule has 1 aromatic carbocycles. The third-order valence-corrected chi connectivity index (χ3v) is 2.98. The first-order chi connectivity index (χ1) is 8.50. The Hall–Kier alpha value is -1.62. The number of rotatable bonds is 5. The van der Waals surface area contributed by atoms with Gasteiger partial charge in [0.15, 0.2) is 5.12 Å². The van der Waals surface area contributed by atoms with Crippen LogP contribution < -0.4 is 0 Å². The fourth-order valence-corrected chi connectivity index (χ4v) is 1.83. The molecule has 0 aliphatic carbocycles. The molecule has 0 saturated carbocycles. The number of carbonyl (C=O) groups is 2. The number of aromatic carboxylic acids is 1. The Morgan fingerprint density at radius 3 is 2.78 bits per heavy atom. The van der Waals surface area contributed by atoms with Gasteiger partial charge in [-0.05, 0) is 24.6 Å². The fraction of sp³-hybridized carbons (Fsp3) is 0.231. The van der Waals surface area contributed by atoms with Crippen LogP contribution in [-0.4, -0.2) is 21.9 Å². The summed E-state index contributed by atoms with van der Waals surface area (Å²) >= 11 is 1.20. The van der Waals surface area contributed by atoms with E-state index in [1.54, 1.807) is 6.08 Å². The predicted octanol–water partition coefficient (Wildman–Crippen LogP) is 3.21. The van der Waals surface area contributed by atoms with E-state index in [2.05, 4.69) is 0 Å². The van der Waals surface area contributed by atoms with Gasteiger partial charge in [-0.3, -0.25) is 4.79 Å². The summed E-state index contributed by atoms with van der Waals surface area (Å²) in [6.07, 6.45) is 3.88. The molecule has 0 bridgehead atoms. The SMILES string of the molecule is CC(=O)SCCC=Cc1cc(C(=O)O)ccc1F. The van der Waals surface area contributed by atoms with E-state index in [0.717, 1.165) is 6.07 Å². The van der Waals surface area contributed by atoms with Gasteiger partial charge >= 0.3 is 5.97 Å². The summed E-state index contributed by atoms with van der Waals surface area (Å²) in [5.74, 6) is -0.918. The number of carbonyl (C=O) groups excluding carboxylic acids is 1. The van der Waals surface area contributed by atoms with E-state index in [-0.39, 0.29) is 16.2 Å². The Morgan fingerprint density at radius 1 is 1.44 bits per heavy atom. The van der Waals surface area contributed by atoms with E-state index >= 15 is 0 Å². The summed E-state index contributed by atoms with van der Waals surface area (Å²) in [6, 6.07) is 3.64. The molecule has 0 saturated heterocycles. The third kappa shape index (κ3) is 4.71. The molecule has 1 N–H and O–H groups in total. The zero-order chi connectivity index (χ0) is 13.5. The van der Waals surface area contributed by atoms with Gasteiger partial charge in [0.1, 0.15) is 5.82 Å². The minimum atomic E-state index is -1.09. The summed E-state index contributed by atoms with van der Waals surface area (Å²) in [4.78, 5) is 21.4. The van der Waals surface area contributed by atoms with Gasteiger partial charge in [0.2, 0.25) is 0 Å².